The van der Waals surface area contributed by atoms with Crippen LogP contribution in [0.5, 0.6) is 0 Å². The van der Waals surface area contributed by atoms with Gasteiger partial charge in [-0.1, -0.05) is 11.6 Å². The van der Waals surface area contributed by atoms with E-state index in [0.717, 1.165) is 6.07 Å². The number of aryl methyl sites for hydroxylation is 1. The van der Waals surface area contributed by atoms with Gasteiger partial charge in [-0.05, 0) is 55.0 Å². The fourth-order valence-electron chi connectivity index (χ4n) is 3.19. The maximum absolute atomic E-state index is 13.6. The van der Waals surface area contributed by atoms with E-state index in [4.69, 9.17) is 11.6 Å². The molecule has 3 heterocycles. The first-order chi connectivity index (χ1) is 15.3. The van der Waals surface area contributed by atoms with Gasteiger partial charge < -0.3 is 0 Å². The monoisotopic (exact) mass is 489 g/mol. The Balaban J connectivity index is 1.58. The minimum atomic E-state index is -1.37. The van der Waals surface area contributed by atoms with E-state index in [1.54, 1.807) is 47.2 Å². The molecule has 0 aliphatic rings. The predicted octanol–water partition coefficient (Wildman–Crippen LogP) is 4.43. The zero-order chi connectivity index (χ0) is 22.8. The number of ketones is 1. The van der Waals surface area contributed by atoms with Gasteiger partial charge >= 0.3 is 0 Å². The maximum Gasteiger partial charge on any atom is 0.291 e. The molecule has 0 saturated heterocycles. The van der Waals surface area contributed by atoms with Crippen LogP contribution in [0.25, 0.3) is 11.4 Å². The van der Waals surface area contributed by atoms with Crippen LogP contribution in [-0.4, -0.2) is 30.4 Å². The molecule has 0 saturated carbocycles. The summed E-state index contributed by atoms with van der Waals surface area (Å²) in [6.45, 7) is 0. The van der Waals surface area contributed by atoms with E-state index in [-0.39, 0.29) is 12.2 Å². The quantitative estimate of drug-likeness (QED) is 0.360. The summed E-state index contributed by atoms with van der Waals surface area (Å²) in [6.07, 6.45) is 5.41. The number of benzene rings is 1. The smallest absolute Gasteiger partial charge is 0.291 e. The van der Waals surface area contributed by atoms with Crippen molar-refractivity contribution in [3.63, 3.8) is 0 Å². The van der Waals surface area contributed by atoms with Crippen LogP contribution in [0.15, 0.2) is 70.9 Å². The number of carbonyl (C=O) groups is 1. The van der Waals surface area contributed by atoms with Crippen molar-refractivity contribution in [2.45, 2.75) is 18.0 Å². The van der Waals surface area contributed by atoms with Crippen molar-refractivity contribution >= 4 is 39.5 Å². The molecular weight excluding hydrogens is 473 g/mol. The third-order valence-corrected chi connectivity index (χ3v) is 6.82. The molecule has 4 aromatic rings. The zero-order valence-corrected chi connectivity index (χ0v) is 19.2. The lowest BCUT2D eigenvalue weighted by molar-refractivity contribution is 0.0986. The summed E-state index contributed by atoms with van der Waals surface area (Å²) < 4.78 is 29.3. The number of imidazole rings is 1. The summed E-state index contributed by atoms with van der Waals surface area (Å²) in [6, 6.07) is 12.8. The van der Waals surface area contributed by atoms with E-state index in [2.05, 4.69) is 4.98 Å². The standard InChI is InChI=1S/C22H17ClFN3O3S2/c1-32(30)22-25-14(4-9-18(28)19-10-11-20(23)31-19)13-27(22)16-7-5-15(6-8-16)26-12-2-3-17(24)21(26)29/h2-3,5-8,10-13H,4,9H2,1H3. The van der Waals surface area contributed by atoms with Crippen LogP contribution in [0.1, 0.15) is 21.8 Å². The van der Waals surface area contributed by atoms with Crippen LogP contribution in [0, 0.1) is 5.82 Å². The number of aromatic nitrogens is 3. The van der Waals surface area contributed by atoms with Crippen molar-refractivity contribution in [2.75, 3.05) is 6.26 Å². The number of pyridine rings is 1. The molecule has 1 unspecified atom stereocenters. The van der Waals surface area contributed by atoms with Crippen molar-refractivity contribution in [1.29, 1.82) is 0 Å². The molecule has 0 aliphatic carbocycles. The van der Waals surface area contributed by atoms with E-state index in [0.29, 0.717) is 37.9 Å². The van der Waals surface area contributed by atoms with E-state index in [9.17, 15) is 18.2 Å². The van der Waals surface area contributed by atoms with Crippen LogP contribution in [0.3, 0.4) is 0 Å². The van der Waals surface area contributed by atoms with E-state index >= 15 is 0 Å². The highest BCUT2D eigenvalue weighted by Crippen LogP contribution is 2.24. The molecule has 0 amide bonds. The second-order valence-electron chi connectivity index (χ2n) is 6.91. The summed E-state index contributed by atoms with van der Waals surface area (Å²) in [5, 5.41) is 0.349. The molecule has 0 bridgehead atoms. The molecule has 0 N–H and O–H groups in total. The number of nitrogens with zero attached hydrogens (tertiary/aromatic N) is 3. The van der Waals surface area contributed by atoms with Gasteiger partial charge in [-0.2, -0.15) is 0 Å². The summed E-state index contributed by atoms with van der Waals surface area (Å²) in [4.78, 5) is 29.4. The summed E-state index contributed by atoms with van der Waals surface area (Å²) >= 11 is 7.13. The molecule has 0 radical (unpaired) electrons. The largest absolute Gasteiger partial charge is 0.293 e. The van der Waals surface area contributed by atoms with Crippen molar-refractivity contribution in [3.8, 4) is 11.4 Å². The Morgan fingerprint density at radius 3 is 2.44 bits per heavy atom. The summed E-state index contributed by atoms with van der Waals surface area (Å²) in [5.41, 5.74) is 1.07. The Morgan fingerprint density at radius 2 is 1.81 bits per heavy atom. The molecule has 4 rings (SSSR count). The molecule has 1 atom stereocenters. The van der Waals surface area contributed by atoms with Gasteiger partial charge in [0.05, 0.1) is 25.7 Å². The normalized spacial score (nSPS) is 12.1. The highest BCUT2D eigenvalue weighted by atomic mass is 35.5. The molecule has 32 heavy (non-hydrogen) atoms. The second-order valence-corrected chi connectivity index (χ2v) is 9.90. The fraction of sp³-hybridized carbons (Fsp3) is 0.136. The van der Waals surface area contributed by atoms with Crippen LogP contribution < -0.4 is 5.56 Å². The first kappa shape index (κ1) is 22.3. The van der Waals surface area contributed by atoms with Gasteiger partial charge in [0, 0.05) is 36.4 Å². The molecule has 1 aromatic carbocycles. The van der Waals surface area contributed by atoms with Gasteiger partial charge in [0.25, 0.3) is 5.56 Å². The minimum absolute atomic E-state index is 0.0273. The summed E-state index contributed by atoms with van der Waals surface area (Å²) in [5.74, 6) is -0.862. The molecule has 164 valence electrons. The van der Waals surface area contributed by atoms with Crippen molar-refractivity contribution in [1.82, 2.24) is 14.1 Å². The third-order valence-electron chi connectivity index (χ3n) is 4.74. The molecule has 10 heteroatoms. The van der Waals surface area contributed by atoms with Crippen molar-refractivity contribution in [2.24, 2.45) is 0 Å². The lowest BCUT2D eigenvalue weighted by Crippen LogP contribution is -2.20. The van der Waals surface area contributed by atoms with E-state index in [1.165, 1.54) is 34.4 Å². The third kappa shape index (κ3) is 4.64. The molecule has 6 nitrogen and oxygen atoms in total. The number of Topliss-reactive ketones (excluding diaryl/α,β-unsaturated/α-hetero) is 1. The molecule has 0 aliphatic heterocycles. The first-order valence-corrected chi connectivity index (χ1v) is 12.3. The number of thiophene rings is 1. The molecule has 3 aromatic heterocycles. The Labute approximate surface area is 194 Å². The Morgan fingerprint density at radius 1 is 1.12 bits per heavy atom. The fourth-order valence-corrected chi connectivity index (χ4v) is 4.88. The topological polar surface area (TPSA) is 74.0 Å². The number of hydrogen-bond acceptors (Lipinski definition) is 5. The van der Waals surface area contributed by atoms with Crippen LogP contribution in [0.2, 0.25) is 4.34 Å². The molecule has 0 spiro atoms. The number of carbonyl (C=O) groups excluding carboxylic acids is 1. The van der Waals surface area contributed by atoms with Gasteiger partial charge in [-0.25, -0.2) is 9.37 Å². The van der Waals surface area contributed by atoms with Crippen molar-refractivity contribution < 1.29 is 13.4 Å². The van der Waals surface area contributed by atoms with Crippen LogP contribution >= 0.6 is 22.9 Å². The van der Waals surface area contributed by atoms with Crippen LogP contribution in [-0.2, 0) is 17.2 Å². The number of hydrogen-bond donors (Lipinski definition) is 0. The highest BCUT2D eigenvalue weighted by Gasteiger charge is 2.16. The van der Waals surface area contributed by atoms with Crippen LogP contribution in [0.4, 0.5) is 4.39 Å². The Kier molecular flexibility index (Phi) is 6.50. The number of rotatable bonds is 7. The van der Waals surface area contributed by atoms with Crippen molar-refractivity contribution in [3.05, 3.63) is 92.0 Å². The SMILES string of the molecule is CS(=O)c1nc(CCC(=O)c2ccc(Cl)s2)cn1-c1ccc(-n2cccc(F)c2=O)cc1. The first-order valence-electron chi connectivity index (χ1n) is 9.51. The lowest BCUT2D eigenvalue weighted by atomic mass is 10.1. The average molecular weight is 490 g/mol. The molecule has 0 fully saturated rings. The lowest BCUT2D eigenvalue weighted by Gasteiger charge is -2.09. The Bertz CT molecular complexity index is 1380. The second kappa shape index (κ2) is 9.32. The van der Waals surface area contributed by atoms with Gasteiger partial charge in [0.15, 0.2) is 11.6 Å². The highest BCUT2D eigenvalue weighted by molar-refractivity contribution is 7.84. The van der Waals surface area contributed by atoms with Gasteiger partial charge in [-0.15, -0.1) is 11.3 Å². The summed E-state index contributed by atoms with van der Waals surface area (Å²) in [7, 11) is -1.37. The van der Waals surface area contributed by atoms with E-state index in [1.807, 2.05) is 0 Å². The van der Waals surface area contributed by atoms with Gasteiger partial charge in [0.2, 0.25) is 5.16 Å². The average Bonchev–Trinajstić information content (AvgIpc) is 3.41. The minimum Gasteiger partial charge on any atom is -0.293 e. The Hall–Kier alpha value is -2.88. The van der Waals surface area contributed by atoms with Gasteiger partial charge in [-0.3, -0.25) is 22.9 Å². The zero-order valence-electron chi connectivity index (χ0n) is 16.8. The predicted molar refractivity (Wildman–Crippen MR) is 123 cm³/mol. The number of halogens is 2. The van der Waals surface area contributed by atoms with Gasteiger partial charge in [0.1, 0.15) is 0 Å². The van der Waals surface area contributed by atoms with E-state index < -0.39 is 22.2 Å². The molecular formula is C22H17ClFN3O3S2. The maximum atomic E-state index is 13.6.